The minimum Gasteiger partial charge on any atom is -0.508 e. The molecule has 3 heteroatoms. The molecule has 1 aromatic rings. The van der Waals surface area contributed by atoms with Crippen molar-refractivity contribution >= 4 is 15.9 Å². The smallest absolute Gasteiger partial charge is 0.115 e. The number of phenols is 1. The van der Waals surface area contributed by atoms with Gasteiger partial charge in [-0.2, -0.15) is 0 Å². The topological polar surface area (TPSA) is 23.5 Å². The fourth-order valence-corrected chi connectivity index (χ4v) is 2.98. The minimum atomic E-state index is 0.347. The van der Waals surface area contributed by atoms with Crippen molar-refractivity contribution in [3.05, 3.63) is 28.2 Å². The van der Waals surface area contributed by atoms with E-state index in [-0.39, 0.29) is 0 Å². The van der Waals surface area contributed by atoms with Crippen molar-refractivity contribution in [2.24, 2.45) is 11.3 Å². The minimum absolute atomic E-state index is 0.347. The van der Waals surface area contributed by atoms with Gasteiger partial charge in [-0.15, -0.1) is 0 Å². The van der Waals surface area contributed by atoms with Crippen LogP contribution in [0.25, 0.3) is 0 Å². The maximum atomic E-state index is 9.55. The third kappa shape index (κ3) is 3.27. The summed E-state index contributed by atoms with van der Waals surface area (Å²) in [7, 11) is 0. The Morgan fingerprint density at radius 3 is 2.72 bits per heavy atom. The maximum Gasteiger partial charge on any atom is 0.115 e. The van der Waals surface area contributed by atoms with Gasteiger partial charge in [0.05, 0.1) is 0 Å². The van der Waals surface area contributed by atoms with E-state index in [2.05, 4.69) is 41.6 Å². The Hall–Kier alpha value is -0.540. The molecule has 2 nitrogen and oxygen atoms in total. The van der Waals surface area contributed by atoms with E-state index in [4.69, 9.17) is 0 Å². The molecule has 100 valence electrons. The second kappa shape index (κ2) is 5.22. The third-order valence-corrected chi connectivity index (χ3v) is 4.69. The molecule has 1 heterocycles. The fourth-order valence-electron chi connectivity index (χ4n) is 2.61. The molecule has 0 aromatic heterocycles. The quantitative estimate of drug-likeness (QED) is 0.891. The SMILES string of the molecule is CC(C)(C)C1CCN(Cc2cc(O)ccc2Br)C1. The molecule has 1 aliphatic rings. The predicted molar refractivity (Wildman–Crippen MR) is 78.6 cm³/mol. The van der Waals surface area contributed by atoms with Crippen LogP contribution in [0.5, 0.6) is 5.75 Å². The molecule has 0 aliphatic carbocycles. The lowest BCUT2D eigenvalue weighted by Crippen LogP contribution is -2.25. The molecule has 0 saturated carbocycles. The molecule has 1 fully saturated rings. The molecule has 0 radical (unpaired) electrons. The summed E-state index contributed by atoms with van der Waals surface area (Å²) in [5, 5.41) is 9.55. The summed E-state index contributed by atoms with van der Waals surface area (Å²) in [5.41, 5.74) is 1.56. The number of hydrogen-bond acceptors (Lipinski definition) is 2. The first-order valence-corrected chi connectivity index (χ1v) is 7.35. The van der Waals surface area contributed by atoms with Crippen molar-refractivity contribution in [2.45, 2.75) is 33.7 Å². The average Bonchev–Trinajstić information content (AvgIpc) is 2.71. The Balaban J connectivity index is 2.01. The zero-order chi connectivity index (χ0) is 13.3. The summed E-state index contributed by atoms with van der Waals surface area (Å²) >= 11 is 3.55. The molecule has 1 aliphatic heterocycles. The third-order valence-electron chi connectivity index (χ3n) is 3.92. The van der Waals surface area contributed by atoms with Gasteiger partial charge in [-0.25, -0.2) is 0 Å². The van der Waals surface area contributed by atoms with Crippen LogP contribution in [0.4, 0.5) is 0 Å². The van der Waals surface area contributed by atoms with E-state index in [0.717, 1.165) is 30.0 Å². The first-order valence-electron chi connectivity index (χ1n) is 6.56. The van der Waals surface area contributed by atoms with Gasteiger partial charge in [0.2, 0.25) is 0 Å². The molecule has 1 N–H and O–H groups in total. The van der Waals surface area contributed by atoms with Gasteiger partial charge in [0, 0.05) is 17.6 Å². The normalized spacial score (nSPS) is 21.4. The van der Waals surface area contributed by atoms with Crippen LogP contribution in [0.3, 0.4) is 0 Å². The van der Waals surface area contributed by atoms with Crippen molar-refractivity contribution in [3.63, 3.8) is 0 Å². The molecule has 2 rings (SSSR count). The Morgan fingerprint density at radius 2 is 2.11 bits per heavy atom. The summed E-state index contributed by atoms with van der Waals surface area (Å²) in [4.78, 5) is 2.48. The summed E-state index contributed by atoms with van der Waals surface area (Å²) in [6.07, 6.45) is 1.28. The van der Waals surface area contributed by atoms with Crippen LogP contribution in [0.1, 0.15) is 32.8 Å². The maximum absolute atomic E-state index is 9.55. The number of halogens is 1. The lowest BCUT2D eigenvalue weighted by atomic mass is 9.80. The first kappa shape index (κ1) is 13.9. The van der Waals surface area contributed by atoms with Crippen LogP contribution in [0, 0.1) is 11.3 Å². The van der Waals surface area contributed by atoms with Crippen molar-refractivity contribution in [1.29, 1.82) is 0 Å². The lowest BCUT2D eigenvalue weighted by molar-refractivity contribution is 0.226. The highest BCUT2D eigenvalue weighted by molar-refractivity contribution is 9.10. The van der Waals surface area contributed by atoms with Crippen LogP contribution in [0.2, 0.25) is 0 Å². The second-order valence-corrected chi connectivity index (χ2v) is 7.22. The molecule has 1 atom stereocenters. The Kier molecular flexibility index (Phi) is 4.02. The zero-order valence-corrected chi connectivity index (χ0v) is 13.0. The van der Waals surface area contributed by atoms with Crippen LogP contribution in [0.15, 0.2) is 22.7 Å². The van der Waals surface area contributed by atoms with Gasteiger partial charge in [-0.3, -0.25) is 4.90 Å². The van der Waals surface area contributed by atoms with Gasteiger partial charge in [0.25, 0.3) is 0 Å². The van der Waals surface area contributed by atoms with Gasteiger partial charge in [-0.1, -0.05) is 36.7 Å². The molecule has 0 spiro atoms. The summed E-state index contributed by atoms with van der Waals surface area (Å²) in [6, 6.07) is 5.49. The van der Waals surface area contributed by atoms with Gasteiger partial charge < -0.3 is 5.11 Å². The molecular formula is C15H22BrNO. The highest BCUT2D eigenvalue weighted by atomic mass is 79.9. The van der Waals surface area contributed by atoms with Crippen molar-refractivity contribution in [3.8, 4) is 5.75 Å². The molecular weight excluding hydrogens is 290 g/mol. The van der Waals surface area contributed by atoms with E-state index in [1.807, 2.05) is 12.1 Å². The summed E-state index contributed by atoms with van der Waals surface area (Å²) in [5.74, 6) is 1.12. The Bertz CT molecular complexity index is 425. The lowest BCUT2D eigenvalue weighted by Gasteiger charge is -2.27. The van der Waals surface area contributed by atoms with E-state index in [0.29, 0.717) is 11.2 Å². The largest absolute Gasteiger partial charge is 0.508 e. The van der Waals surface area contributed by atoms with Crippen molar-refractivity contribution in [2.75, 3.05) is 13.1 Å². The number of phenolic OH excluding ortho intramolecular Hbond substituents is 1. The number of aromatic hydroxyl groups is 1. The standard InChI is InChI=1S/C15H22BrNO/c1-15(2,3)12-6-7-17(10-12)9-11-8-13(18)4-5-14(11)16/h4-5,8,12,18H,6-7,9-10H2,1-3H3. The van der Waals surface area contributed by atoms with Crippen LogP contribution in [-0.2, 0) is 6.54 Å². The van der Waals surface area contributed by atoms with Crippen LogP contribution >= 0.6 is 15.9 Å². The van der Waals surface area contributed by atoms with E-state index in [1.54, 1.807) is 6.07 Å². The first-order chi connectivity index (χ1) is 8.36. The van der Waals surface area contributed by atoms with Crippen LogP contribution < -0.4 is 0 Å². The van der Waals surface area contributed by atoms with E-state index in [1.165, 1.54) is 12.0 Å². The van der Waals surface area contributed by atoms with Gasteiger partial charge in [0.1, 0.15) is 5.75 Å². The summed E-state index contributed by atoms with van der Waals surface area (Å²) < 4.78 is 1.08. The van der Waals surface area contributed by atoms with Crippen LogP contribution in [-0.4, -0.2) is 23.1 Å². The fraction of sp³-hybridized carbons (Fsp3) is 0.600. The number of benzene rings is 1. The Morgan fingerprint density at radius 1 is 1.39 bits per heavy atom. The van der Waals surface area contributed by atoms with E-state index >= 15 is 0 Å². The molecule has 1 aromatic carbocycles. The number of likely N-dealkylation sites (tertiary alicyclic amines) is 1. The average molecular weight is 312 g/mol. The number of rotatable bonds is 2. The molecule has 1 saturated heterocycles. The van der Waals surface area contributed by atoms with E-state index < -0.39 is 0 Å². The molecule has 0 bridgehead atoms. The Labute approximate surface area is 118 Å². The molecule has 0 amide bonds. The molecule has 18 heavy (non-hydrogen) atoms. The number of hydrogen-bond donors (Lipinski definition) is 1. The highest BCUT2D eigenvalue weighted by Crippen LogP contribution is 2.34. The molecule has 1 unspecified atom stereocenters. The number of nitrogens with zero attached hydrogens (tertiary/aromatic N) is 1. The zero-order valence-electron chi connectivity index (χ0n) is 11.4. The van der Waals surface area contributed by atoms with Crippen molar-refractivity contribution in [1.82, 2.24) is 4.90 Å². The van der Waals surface area contributed by atoms with Gasteiger partial charge in [-0.05, 0) is 48.1 Å². The summed E-state index contributed by atoms with van der Waals surface area (Å²) in [6.45, 7) is 10.2. The predicted octanol–water partition coefficient (Wildman–Crippen LogP) is 4.02. The van der Waals surface area contributed by atoms with Gasteiger partial charge in [0.15, 0.2) is 0 Å². The van der Waals surface area contributed by atoms with E-state index in [9.17, 15) is 5.11 Å². The van der Waals surface area contributed by atoms with Gasteiger partial charge >= 0.3 is 0 Å². The monoisotopic (exact) mass is 311 g/mol. The second-order valence-electron chi connectivity index (χ2n) is 6.36. The van der Waals surface area contributed by atoms with Crippen molar-refractivity contribution < 1.29 is 5.11 Å². The highest BCUT2D eigenvalue weighted by Gasteiger charge is 2.31.